The number of aromatic amines is 1. The number of nitrogens with zero attached hydrogens (tertiary/aromatic N) is 4. The molecule has 1 aromatic heterocycles. The molecule has 2 rings (SSSR count). The lowest BCUT2D eigenvalue weighted by atomic mass is 10.0. The molecule has 0 spiro atoms. The first-order chi connectivity index (χ1) is 10.9. The number of azide groups is 1. The SMILES string of the molecule is Cc1ccc(C(N=[N+]=[N-])c2nc(SC(C)C)[nH]c(=O)c2C)cc1. The molecule has 0 aliphatic carbocycles. The maximum atomic E-state index is 12.2. The second-order valence-corrected chi connectivity index (χ2v) is 7.13. The fourth-order valence-corrected chi connectivity index (χ4v) is 2.90. The van der Waals surface area contributed by atoms with Crippen molar-refractivity contribution in [3.05, 3.63) is 67.4 Å². The van der Waals surface area contributed by atoms with Crippen LogP contribution in [-0.4, -0.2) is 15.2 Å². The molecule has 2 aromatic rings. The standard InChI is InChI=1S/C16H19N5OS/c1-9(2)23-16-18-13(11(4)15(22)19-16)14(20-21-17)12-7-5-10(3)6-8-12/h5-9,14H,1-4H3,(H,18,19,22). The molecular formula is C16H19N5OS. The van der Waals surface area contributed by atoms with E-state index in [1.54, 1.807) is 6.92 Å². The van der Waals surface area contributed by atoms with Crippen LogP contribution in [0.25, 0.3) is 10.4 Å². The van der Waals surface area contributed by atoms with Gasteiger partial charge in [0.2, 0.25) is 0 Å². The Morgan fingerprint density at radius 1 is 1.26 bits per heavy atom. The topological polar surface area (TPSA) is 94.5 Å². The van der Waals surface area contributed by atoms with Gasteiger partial charge in [-0.2, -0.15) is 0 Å². The van der Waals surface area contributed by atoms with Gasteiger partial charge in [-0.05, 0) is 24.9 Å². The van der Waals surface area contributed by atoms with Gasteiger partial charge in [-0.1, -0.05) is 60.6 Å². The van der Waals surface area contributed by atoms with E-state index in [2.05, 4.69) is 20.0 Å². The molecule has 120 valence electrons. The van der Waals surface area contributed by atoms with Crippen LogP contribution >= 0.6 is 11.8 Å². The molecule has 1 heterocycles. The summed E-state index contributed by atoms with van der Waals surface area (Å²) in [5, 5.41) is 4.69. The third-order valence-corrected chi connectivity index (χ3v) is 4.22. The van der Waals surface area contributed by atoms with Crippen LogP contribution in [0.5, 0.6) is 0 Å². The second kappa shape index (κ2) is 7.35. The smallest absolute Gasteiger partial charge is 0.254 e. The predicted molar refractivity (Wildman–Crippen MR) is 92.8 cm³/mol. The molecule has 0 aliphatic rings. The highest BCUT2D eigenvalue weighted by Gasteiger charge is 2.20. The number of hydrogen-bond acceptors (Lipinski definition) is 4. The highest BCUT2D eigenvalue weighted by molar-refractivity contribution is 7.99. The lowest BCUT2D eigenvalue weighted by molar-refractivity contribution is 0.754. The molecule has 0 fully saturated rings. The lowest BCUT2D eigenvalue weighted by Gasteiger charge is -2.15. The normalized spacial score (nSPS) is 12.0. The molecular weight excluding hydrogens is 310 g/mol. The second-order valence-electron chi connectivity index (χ2n) is 5.57. The molecule has 0 saturated heterocycles. The van der Waals surface area contributed by atoms with Gasteiger partial charge >= 0.3 is 0 Å². The molecule has 1 aromatic carbocycles. The zero-order valence-electron chi connectivity index (χ0n) is 13.6. The molecule has 0 aliphatic heterocycles. The summed E-state index contributed by atoms with van der Waals surface area (Å²) in [6, 6.07) is 7.07. The Morgan fingerprint density at radius 2 is 1.91 bits per heavy atom. The Labute approximate surface area is 139 Å². The minimum atomic E-state index is -0.616. The highest BCUT2D eigenvalue weighted by atomic mass is 32.2. The fraction of sp³-hybridized carbons (Fsp3) is 0.375. The van der Waals surface area contributed by atoms with Crippen molar-refractivity contribution in [1.82, 2.24) is 9.97 Å². The molecule has 1 unspecified atom stereocenters. The van der Waals surface area contributed by atoms with E-state index >= 15 is 0 Å². The average Bonchev–Trinajstić information content (AvgIpc) is 2.49. The summed E-state index contributed by atoms with van der Waals surface area (Å²) in [4.78, 5) is 22.4. The third kappa shape index (κ3) is 4.15. The summed E-state index contributed by atoms with van der Waals surface area (Å²) in [5.41, 5.74) is 11.6. The van der Waals surface area contributed by atoms with Crippen LogP contribution in [-0.2, 0) is 0 Å². The first-order valence-electron chi connectivity index (χ1n) is 7.30. The average molecular weight is 329 g/mol. The number of aromatic nitrogens is 2. The van der Waals surface area contributed by atoms with Crippen molar-refractivity contribution in [2.45, 2.75) is 44.1 Å². The minimum Gasteiger partial charge on any atom is -0.301 e. The van der Waals surface area contributed by atoms with Crippen molar-refractivity contribution in [2.24, 2.45) is 5.11 Å². The fourth-order valence-electron chi connectivity index (χ4n) is 2.15. The zero-order valence-corrected chi connectivity index (χ0v) is 14.4. The Hall–Kier alpha value is -2.24. The molecule has 1 N–H and O–H groups in total. The van der Waals surface area contributed by atoms with E-state index in [-0.39, 0.29) is 10.8 Å². The highest BCUT2D eigenvalue weighted by Crippen LogP contribution is 2.28. The number of rotatable bonds is 5. The van der Waals surface area contributed by atoms with Gasteiger partial charge in [0.15, 0.2) is 5.16 Å². The van der Waals surface area contributed by atoms with Crippen LogP contribution in [0.1, 0.15) is 42.3 Å². The van der Waals surface area contributed by atoms with E-state index in [9.17, 15) is 4.79 Å². The predicted octanol–water partition coefficient (Wildman–Crippen LogP) is 4.29. The summed E-state index contributed by atoms with van der Waals surface area (Å²) in [6.45, 7) is 7.73. The van der Waals surface area contributed by atoms with Crippen LogP contribution in [0, 0.1) is 13.8 Å². The molecule has 0 bridgehead atoms. The van der Waals surface area contributed by atoms with E-state index in [4.69, 9.17) is 5.53 Å². The van der Waals surface area contributed by atoms with Crippen molar-refractivity contribution in [1.29, 1.82) is 0 Å². The first kappa shape index (κ1) is 17.1. The van der Waals surface area contributed by atoms with E-state index in [1.807, 2.05) is 45.0 Å². The van der Waals surface area contributed by atoms with Gasteiger partial charge in [0.1, 0.15) is 6.04 Å². The maximum absolute atomic E-state index is 12.2. The molecule has 0 saturated carbocycles. The zero-order chi connectivity index (χ0) is 17.0. The maximum Gasteiger partial charge on any atom is 0.254 e. The van der Waals surface area contributed by atoms with E-state index in [0.717, 1.165) is 11.1 Å². The van der Waals surface area contributed by atoms with Crippen LogP contribution in [0.4, 0.5) is 0 Å². The van der Waals surface area contributed by atoms with Gasteiger partial charge in [-0.25, -0.2) is 4.98 Å². The van der Waals surface area contributed by atoms with Crippen molar-refractivity contribution < 1.29 is 0 Å². The number of H-pyrrole nitrogens is 1. The van der Waals surface area contributed by atoms with Crippen molar-refractivity contribution in [2.75, 3.05) is 0 Å². The Morgan fingerprint density at radius 3 is 2.48 bits per heavy atom. The number of thioether (sulfide) groups is 1. The Kier molecular flexibility index (Phi) is 5.47. The van der Waals surface area contributed by atoms with Gasteiger partial charge in [0.05, 0.1) is 5.69 Å². The third-order valence-electron chi connectivity index (χ3n) is 3.33. The summed E-state index contributed by atoms with van der Waals surface area (Å²) >= 11 is 1.47. The van der Waals surface area contributed by atoms with Gasteiger partial charge in [-0.3, -0.25) is 4.79 Å². The Bertz CT molecular complexity index is 791. The quantitative estimate of drug-likeness (QED) is 0.291. The first-order valence-corrected chi connectivity index (χ1v) is 8.18. The summed E-state index contributed by atoms with van der Waals surface area (Å²) < 4.78 is 0. The van der Waals surface area contributed by atoms with Gasteiger partial charge in [0.25, 0.3) is 5.56 Å². The minimum absolute atomic E-state index is 0.205. The largest absolute Gasteiger partial charge is 0.301 e. The lowest BCUT2D eigenvalue weighted by Crippen LogP contribution is -2.18. The molecule has 6 nitrogen and oxygen atoms in total. The van der Waals surface area contributed by atoms with Gasteiger partial charge < -0.3 is 4.98 Å². The number of benzene rings is 1. The van der Waals surface area contributed by atoms with Crippen LogP contribution in [0.3, 0.4) is 0 Å². The van der Waals surface area contributed by atoms with Crippen molar-refractivity contribution >= 4 is 11.8 Å². The van der Waals surface area contributed by atoms with Gasteiger partial charge in [-0.15, -0.1) is 0 Å². The van der Waals surface area contributed by atoms with Crippen molar-refractivity contribution in [3.63, 3.8) is 0 Å². The summed E-state index contributed by atoms with van der Waals surface area (Å²) in [5.74, 6) is 0. The molecule has 7 heteroatoms. The van der Waals surface area contributed by atoms with E-state index in [0.29, 0.717) is 16.4 Å². The molecule has 0 amide bonds. The Balaban J connectivity index is 2.58. The van der Waals surface area contributed by atoms with Crippen molar-refractivity contribution in [3.8, 4) is 0 Å². The number of aryl methyl sites for hydroxylation is 1. The monoisotopic (exact) mass is 329 g/mol. The number of hydrogen-bond donors (Lipinski definition) is 1. The van der Waals surface area contributed by atoms with Crippen LogP contribution < -0.4 is 5.56 Å². The van der Waals surface area contributed by atoms with Gasteiger partial charge in [0, 0.05) is 15.7 Å². The van der Waals surface area contributed by atoms with E-state index < -0.39 is 6.04 Å². The van der Waals surface area contributed by atoms with Crippen LogP contribution in [0.2, 0.25) is 0 Å². The summed E-state index contributed by atoms with van der Waals surface area (Å²) in [6.07, 6.45) is 0. The molecule has 0 radical (unpaired) electrons. The molecule has 1 atom stereocenters. The number of nitrogens with one attached hydrogen (secondary N) is 1. The van der Waals surface area contributed by atoms with E-state index in [1.165, 1.54) is 11.8 Å². The summed E-state index contributed by atoms with van der Waals surface area (Å²) in [7, 11) is 0. The van der Waals surface area contributed by atoms with Crippen LogP contribution in [0.15, 0.2) is 39.3 Å². The molecule has 23 heavy (non-hydrogen) atoms.